The number of nitrogens with two attached hydrogens (primary N) is 1. The van der Waals surface area contributed by atoms with E-state index in [4.69, 9.17) is 5.84 Å². The van der Waals surface area contributed by atoms with Crippen LogP contribution in [0.5, 0.6) is 0 Å². The second-order valence-electron chi connectivity index (χ2n) is 2.53. The Labute approximate surface area is 61.2 Å². The second-order valence-corrected chi connectivity index (χ2v) is 2.53. The number of rotatable bonds is 0. The van der Waals surface area contributed by atoms with Crippen molar-refractivity contribution in [3.63, 3.8) is 0 Å². The first-order valence-electron chi connectivity index (χ1n) is 3.42. The van der Waals surface area contributed by atoms with Gasteiger partial charge in [-0.3, -0.25) is 0 Å². The number of hydrogen-bond donors (Lipinski definition) is 1. The van der Waals surface area contributed by atoms with Crippen LogP contribution in [0.15, 0.2) is 17.3 Å². The highest BCUT2D eigenvalue weighted by Gasteiger charge is 2.13. The Bertz CT molecular complexity index is 172. The highest BCUT2D eigenvalue weighted by Crippen LogP contribution is 2.08. The molecule has 0 spiro atoms. The molecule has 1 aliphatic heterocycles. The highest BCUT2D eigenvalue weighted by atomic mass is 15.3. The van der Waals surface area contributed by atoms with Crippen molar-refractivity contribution in [2.75, 3.05) is 7.05 Å². The fraction of sp³-hybridized carbons (Fsp3) is 0.571. The lowest BCUT2D eigenvalue weighted by Crippen LogP contribution is -2.36. The van der Waals surface area contributed by atoms with Gasteiger partial charge in [0.2, 0.25) is 0 Å². The van der Waals surface area contributed by atoms with Crippen LogP contribution in [0, 0.1) is 0 Å². The van der Waals surface area contributed by atoms with Crippen molar-refractivity contribution in [1.82, 2.24) is 4.90 Å². The lowest BCUT2D eigenvalue weighted by Gasteiger charge is -2.27. The van der Waals surface area contributed by atoms with E-state index in [-0.39, 0.29) is 0 Å². The van der Waals surface area contributed by atoms with Crippen molar-refractivity contribution in [3.05, 3.63) is 12.2 Å². The second kappa shape index (κ2) is 2.73. The first-order valence-corrected chi connectivity index (χ1v) is 3.42. The molecule has 3 nitrogen and oxygen atoms in total. The molecule has 1 atom stereocenters. The number of nitrogens with zero attached hydrogens (tertiary/aromatic N) is 2. The van der Waals surface area contributed by atoms with Crippen LogP contribution in [-0.2, 0) is 0 Å². The number of hydrazone groups is 1. The van der Waals surface area contributed by atoms with E-state index >= 15 is 0 Å². The van der Waals surface area contributed by atoms with Crippen LogP contribution in [0.25, 0.3) is 0 Å². The third kappa shape index (κ3) is 1.12. The summed E-state index contributed by atoms with van der Waals surface area (Å²) < 4.78 is 0. The minimum absolute atomic E-state index is 0.427. The van der Waals surface area contributed by atoms with E-state index < -0.39 is 0 Å². The summed E-state index contributed by atoms with van der Waals surface area (Å²) in [6.07, 6.45) is 5.10. The third-order valence-electron chi connectivity index (χ3n) is 1.88. The first-order chi connectivity index (χ1) is 4.75. The molecule has 2 N–H and O–H groups in total. The predicted octanol–water partition coefficient (Wildman–Crippen LogP) is 0.539. The minimum Gasteiger partial charge on any atom is -0.355 e. The quantitative estimate of drug-likeness (QED) is 0.302. The van der Waals surface area contributed by atoms with Crippen molar-refractivity contribution in [3.8, 4) is 0 Å². The van der Waals surface area contributed by atoms with Gasteiger partial charge in [0.25, 0.3) is 0 Å². The van der Waals surface area contributed by atoms with Gasteiger partial charge in [0.15, 0.2) is 0 Å². The summed E-state index contributed by atoms with van der Waals surface area (Å²) in [7, 11) is 2.00. The maximum atomic E-state index is 5.17. The topological polar surface area (TPSA) is 41.6 Å². The van der Waals surface area contributed by atoms with Crippen molar-refractivity contribution in [2.24, 2.45) is 10.9 Å². The number of hydrogen-bond acceptors (Lipinski definition) is 2. The fourth-order valence-electron chi connectivity index (χ4n) is 1.02. The average molecular weight is 139 g/mol. The molecule has 1 rings (SSSR count). The van der Waals surface area contributed by atoms with E-state index in [1.165, 1.54) is 0 Å². The summed E-state index contributed by atoms with van der Waals surface area (Å²) in [6, 6.07) is 0.427. The summed E-state index contributed by atoms with van der Waals surface area (Å²) in [4.78, 5) is 2.07. The molecule has 0 saturated heterocycles. The highest BCUT2D eigenvalue weighted by molar-refractivity contribution is 5.84. The smallest absolute Gasteiger partial charge is 0.128 e. The molecule has 1 heterocycles. The molecule has 1 unspecified atom stereocenters. The third-order valence-corrected chi connectivity index (χ3v) is 1.88. The number of likely N-dealkylation sites (N-methyl/N-ethyl adjacent to an activating group) is 1. The zero-order valence-electron chi connectivity index (χ0n) is 6.41. The van der Waals surface area contributed by atoms with Gasteiger partial charge < -0.3 is 10.7 Å². The van der Waals surface area contributed by atoms with Gasteiger partial charge >= 0.3 is 0 Å². The van der Waals surface area contributed by atoms with E-state index in [9.17, 15) is 0 Å². The molecule has 0 bridgehead atoms. The molecular weight excluding hydrogens is 126 g/mol. The molecule has 0 aromatic rings. The van der Waals surface area contributed by atoms with Gasteiger partial charge in [-0.25, -0.2) is 0 Å². The van der Waals surface area contributed by atoms with Crippen LogP contribution in [0.4, 0.5) is 0 Å². The first kappa shape index (κ1) is 7.12. The molecule has 1 aliphatic rings. The van der Waals surface area contributed by atoms with E-state index in [2.05, 4.69) is 29.1 Å². The van der Waals surface area contributed by atoms with E-state index in [0.29, 0.717) is 6.04 Å². The predicted molar refractivity (Wildman–Crippen MR) is 42.6 cm³/mol. The van der Waals surface area contributed by atoms with E-state index in [0.717, 1.165) is 12.3 Å². The molecule has 0 fully saturated rings. The zero-order chi connectivity index (χ0) is 7.56. The lowest BCUT2D eigenvalue weighted by atomic mass is 10.1. The van der Waals surface area contributed by atoms with Crippen molar-refractivity contribution >= 4 is 5.84 Å². The number of amidine groups is 1. The summed E-state index contributed by atoms with van der Waals surface area (Å²) in [5.41, 5.74) is 0. The summed E-state index contributed by atoms with van der Waals surface area (Å²) >= 11 is 0. The van der Waals surface area contributed by atoms with Crippen molar-refractivity contribution < 1.29 is 0 Å². The Kier molecular flexibility index (Phi) is 1.94. The van der Waals surface area contributed by atoms with Crippen LogP contribution >= 0.6 is 0 Å². The molecule has 0 amide bonds. The maximum absolute atomic E-state index is 5.17. The Morgan fingerprint density at radius 2 is 2.50 bits per heavy atom. The van der Waals surface area contributed by atoms with Crippen molar-refractivity contribution in [2.45, 2.75) is 19.4 Å². The lowest BCUT2D eigenvalue weighted by molar-refractivity contribution is 0.435. The maximum Gasteiger partial charge on any atom is 0.128 e. The molecular formula is C7H13N3. The van der Waals surface area contributed by atoms with Crippen molar-refractivity contribution in [1.29, 1.82) is 0 Å². The van der Waals surface area contributed by atoms with Crippen LogP contribution < -0.4 is 5.84 Å². The Morgan fingerprint density at radius 3 is 3.00 bits per heavy atom. The van der Waals surface area contributed by atoms with Crippen LogP contribution in [0.3, 0.4) is 0 Å². The molecule has 0 aromatic carbocycles. The average Bonchev–Trinajstić information content (AvgIpc) is 1.95. The molecule has 0 aromatic heterocycles. The molecule has 56 valence electrons. The minimum atomic E-state index is 0.427. The van der Waals surface area contributed by atoms with Crippen LogP contribution in [0.1, 0.15) is 13.3 Å². The Hall–Kier alpha value is -0.990. The largest absolute Gasteiger partial charge is 0.355 e. The van der Waals surface area contributed by atoms with E-state index in [1.54, 1.807) is 0 Å². The Balaban J connectivity index is 2.75. The molecule has 0 saturated carbocycles. The van der Waals surface area contributed by atoms with Gasteiger partial charge in [0.1, 0.15) is 5.84 Å². The molecule has 0 radical (unpaired) electrons. The van der Waals surface area contributed by atoms with Crippen LogP contribution in [-0.4, -0.2) is 23.8 Å². The van der Waals surface area contributed by atoms with Gasteiger partial charge in [-0.2, -0.15) is 5.10 Å². The van der Waals surface area contributed by atoms with Gasteiger partial charge in [-0.05, 0) is 6.92 Å². The monoisotopic (exact) mass is 139 g/mol. The van der Waals surface area contributed by atoms with Gasteiger partial charge in [-0.15, -0.1) is 0 Å². The van der Waals surface area contributed by atoms with Gasteiger partial charge in [0, 0.05) is 19.5 Å². The normalized spacial score (nSPS) is 29.6. The van der Waals surface area contributed by atoms with E-state index in [1.807, 2.05) is 7.05 Å². The Morgan fingerprint density at radius 1 is 1.80 bits per heavy atom. The molecule has 0 aliphatic carbocycles. The van der Waals surface area contributed by atoms with Gasteiger partial charge in [0.05, 0.1) is 0 Å². The summed E-state index contributed by atoms with van der Waals surface area (Å²) in [6.45, 7) is 2.11. The van der Waals surface area contributed by atoms with Gasteiger partial charge in [-0.1, -0.05) is 12.2 Å². The molecule has 10 heavy (non-hydrogen) atoms. The SMILES string of the molecule is CC1C=CC/C(=N/N)N1C. The summed E-state index contributed by atoms with van der Waals surface area (Å²) in [5.74, 6) is 6.12. The fourth-order valence-corrected chi connectivity index (χ4v) is 1.02. The summed E-state index contributed by atoms with van der Waals surface area (Å²) in [5, 5.41) is 3.67. The standard InChI is InChI=1S/C7H13N3/c1-6-4-3-5-7(9-8)10(6)2/h3-4,6H,5,8H2,1-2H3/b9-7-. The molecule has 3 heteroatoms. The zero-order valence-corrected chi connectivity index (χ0v) is 6.41. The van der Waals surface area contributed by atoms with Crippen LogP contribution in [0.2, 0.25) is 0 Å².